The lowest BCUT2D eigenvalue weighted by Crippen LogP contribution is -2.33. The van der Waals surface area contributed by atoms with Crippen LogP contribution in [0.1, 0.15) is 16.8 Å². The van der Waals surface area contributed by atoms with Crippen molar-refractivity contribution in [2.45, 2.75) is 25.9 Å². The van der Waals surface area contributed by atoms with Crippen molar-refractivity contribution in [3.8, 4) is 17.4 Å². The van der Waals surface area contributed by atoms with Crippen molar-refractivity contribution < 1.29 is 24.1 Å². The molecular formula is C21H28N2O5. The minimum absolute atomic E-state index is 0.109. The zero-order valence-corrected chi connectivity index (χ0v) is 16.2. The zero-order valence-electron chi connectivity index (χ0n) is 16.2. The fraction of sp³-hybridized carbons (Fsp3) is 0.476. The monoisotopic (exact) mass is 388 g/mol. The van der Waals surface area contributed by atoms with E-state index in [1.54, 1.807) is 6.07 Å². The van der Waals surface area contributed by atoms with Gasteiger partial charge in [-0.1, -0.05) is 12.1 Å². The fourth-order valence-corrected chi connectivity index (χ4v) is 2.94. The molecule has 3 N–H and O–H groups in total. The predicted octanol–water partition coefficient (Wildman–Crippen LogP) is 2.01. The van der Waals surface area contributed by atoms with Crippen LogP contribution in [0.2, 0.25) is 0 Å². The Bertz CT molecular complexity index is 745. The van der Waals surface area contributed by atoms with Crippen molar-refractivity contribution in [1.29, 1.82) is 0 Å². The van der Waals surface area contributed by atoms with Gasteiger partial charge < -0.3 is 29.8 Å². The van der Waals surface area contributed by atoms with Crippen LogP contribution in [0.5, 0.6) is 17.4 Å². The highest BCUT2D eigenvalue weighted by Crippen LogP contribution is 2.25. The van der Waals surface area contributed by atoms with Gasteiger partial charge in [0, 0.05) is 18.2 Å². The molecule has 1 fully saturated rings. The van der Waals surface area contributed by atoms with Gasteiger partial charge in [0.05, 0.1) is 25.5 Å². The van der Waals surface area contributed by atoms with E-state index in [1.165, 1.54) is 5.56 Å². The molecule has 0 spiro atoms. The van der Waals surface area contributed by atoms with Gasteiger partial charge in [0.25, 0.3) is 0 Å². The predicted molar refractivity (Wildman–Crippen MR) is 105 cm³/mol. The Morgan fingerprint density at radius 3 is 2.71 bits per heavy atom. The molecule has 7 heteroatoms. The SMILES string of the molecule is Cc1c(O)cc(OCC2COCCO2)nc1CCc1ccc(OCCN)cc1. The molecule has 0 radical (unpaired) electrons. The van der Waals surface area contributed by atoms with E-state index in [1.807, 2.05) is 31.2 Å². The Morgan fingerprint density at radius 1 is 1.18 bits per heavy atom. The number of hydrogen-bond donors (Lipinski definition) is 2. The largest absolute Gasteiger partial charge is 0.507 e. The Labute approximate surface area is 165 Å². The van der Waals surface area contributed by atoms with Gasteiger partial charge in [0.15, 0.2) is 0 Å². The molecule has 152 valence electrons. The van der Waals surface area contributed by atoms with E-state index in [2.05, 4.69) is 4.98 Å². The van der Waals surface area contributed by atoms with Crippen molar-refractivity contribution in [2.24, 2.45) is 5.73 Å². The van der Waals surface area contributed by atoms with Crippen molar-refractivity contribution >= 4 is 0 Å². The van der Waals surface area contributed by atoms with Gasteiger partial charge in [-0.3, -0.25) is 0 Å². The van der Waals surface area contributed by atoms with E-state index >= 15 is 0 Å². The van der Waals surface area contributed by atoms with Crippen molar-refractivity contribution in [3.63, 3.8) is 0 Å². The highest BCUT2D eigenvalue weighted by Gasteiger charge is 2.16. The first-order chi connectivity index (χ1) is 13.7. The van der Waals surface area contributed by atoms with Gasteiger partial charge in [-0.2, -0.15) is 0 Å². The molecule has 1 unspecified atom stereocenters. The third-order valence-electron chi connectivity index (χ3n) is 4.58. The van der Waals surface area contributed by atoms with E-state index in [-0.39, 0.29) is 11.9 Å². The normalized spacial score (nSPS) is 16.7. The molecule has 0 aliphatic carbocycles. The minimum Gasteiger partial charge on any atom is -0.507 e. The molecule has 0 saturated carbocycles. The number of aromatic hydroxyl groups is 1. The number of nitrogens with zero attached hydrogens (tertiary/aromatic N) is 1. The van der Waals surface area contributed by atoms with Gasteiger partial charge in [0.1, 0.15) is 30.8 Å². The van der Waals surface area contributed by atoms with E-state index < -0.39 is 0 Å². The molecule has 3 rings (SSSR count). The average molecular weight is 388 g/mol. The van der Waals surface area contributed by atoms with Crippen LogP contribution in [0.15, 0.2) is 30.3 Å². The topological polar surface area (TPSA) is 96.1 Å². The molecule has 2 aromatic rings. The van der Waals surface area contributed by atoms with Crippen LogP contribution in [-0.2, 0) is 22.3 Å². The van der Waals surface area contributed by atoms with Crippen LogP contribution < -0.4 is 15.2 Å². The zero-order chi connectivity index (χ0) is 19.8. The second kappa shape index (κ2) is 10.3. The van der Waals surface area contributed by atoms with Crippen LogP contribution in [0.3, 0.4) is 0 Å². The van der Waals surface area contributed by atoms with Crippen molar-refractivity contribution in [3.05, 3.63) is 47.2 Å². The summed E-state index contributed by atoms with van der Waals surface area (Å²) in [5, 5.41) is 10.2. The molecule has 1 aliphatic heterocycles. The number of benzene rings is 1. The average Bonchev–Trinajstić information content (AvgIpc) is 2.73. The summed E-state index contributed by atoms with van der Waals surface area (Å²) in [6.07, 6.45) is 1.39. The maximum atomic E-state index is 10.2. The van der Waals surface area contributed by atoms with Crippen LogP contribution in [-0.4, -0.2) is 55.8 Å². The molecule has 2 heterocycles. The summed E-state index contributed by atoms with van der Waals surface area (Å²) < 4.78 is 22.1. The molecule has 0 bridgehead atoms. The second-order valence-corrected chi connectivity index (χ2v) is 6.71. The molecule has 0 amide bonds. The number of hydrogen-bond acceptors (Lipinski definition) is 7. The lowest BCUT2D eigenvalue weighted by atomic mass is 10.0. The number of rotatable bonds is 9. The Balaban J connectivity index is 1.58. The third kappa shape index (κ3) is 5.82. The quantitative estimate of drug-likeness (QED) is 0.678. The van der Waals surface area contributed by atoms with Gasteiger partial charge in [-0.15, -0.1) is 0 Å². The van der Waals surface area contributed by atoms with Crippen LogP contribution in [0, 0.1) is 6.92 Å². The first-order valence-electron chi connectivity index (χ1n) is 9.59. The molecule has 28 heavy (non-hydrogen) atoms. The highest BCUT2D eigenvalue weighted by molar-refractivity contribution is 5.39. The van der Waals surface area contributed by atoms with Gasteiger partial charge in [0.2, 0.25) is 5.88 Å². The van der Waals surface area contributed by atoms with Gasteiger partial charge >= 0.3 is 0 Å². The summed E-state index contributed by atoms with van der Waals surface area (Å²) in [5.74, 6) is 1.40. The Kier molecular flexibility index (Phi) is 7.47. The fourth-order valence-electron chi connectivity index (χ4n) is 2.94. The summed E-state index contributed by atoms with van der Waals surface area (Å²) in [5.41, 5.74) is 8.20. The maximum Gasteiger partial charge on any atom is 0.217 e. The van der Waals surface area contributed by atoms with Crippen LogP contribution in [0.4, 0.5) is 0 Å². The maximum absolute atomic E-state index is 10.2. The molecular weight excluding hydrogens is 360 g/mol. The summed E-state index contributed by atoms with van der Waals surface area (Å²) in [6, 6.07) is 9.48. The molecule has 1 atom stereocenters. The number of pyridine rings is 1. The summed E-state index contributed by atoms with van der Waals surface area (Å²) >= 11 is 0. The number of ether oxygens (including phenoxy) is 4. The number of nitrogens with two attached hydrogens (primary N) is 1. The summed E-state index contributed by atoms with van der Waals surface area (Å²) in [4.78, 5) is 4.57. The van der Waals surface area contributed by atoms with Crippen LogP contribution >= 0.6 is 0 Å². The molecule has 1 aromatic heterocycles. The minimum atomic E-state index is -0.109. The van der Waals surface area contributed by atoms with Gasteiger partial charge in [-0.25, -0.2) is 4.98 Å². The van der Waals surface area contributed by atoms with E-state index in [0.717, 1.165) is 23.4 Å². The van der Waals surface area contributed by atoms with Crippen LogP contribution in [0.25, 0.3) is 0 Å². The molecule has 1 aliphatic rings. The van der Waals surface area contributed by atoms with E-state index in [4.69, 9.17) is 24.7 Å². The summed E-state index contributed by atoms with van der Waals surface area (Å²) in [7, 11) is 0. The molecule has 1 saturated heterocycles. The Morgan fingerprint density at radius 2 is 2.00 bits per heavy atom. The number of aromatic nitrogens is 1. The second-order valence-electron chi connectivity index (χ2n) is 6.71. The van der Waals surface area contributed by atoms with Crippen molar-refractivity contribution in [2.75, 3.05) is 39.6 Å². The smallest absolute Gasteiger partial charge is 0.217 e. The van der Waals surface area contributed by atoms with E-state index in [9.17, 15) is 5.11 Å². The Hall–Kier alpha value is -2.35. The highest BCUT2D eigenvalue weighted by atomic mass is 16.6. The first kappa shape index (κ1) is 20.4. The standard InChI is InChI=1S/C21H28N2O5/c1-15-19(7-4-16-2-5-17(6-3-16)26-9-8-22)23-21(12-20(15)24)28-14-18-13-25-10-11-27-18/h2-3,5-6,12,18H,4,7-11,13-14,22H2,1H3,(H,23,24). The first-order valence-corrected chi connectivity index (χ1v) is 9.59. The van der Waals surface area contributed by atoms with E-state index in [0.29, 0.717) is 51.9 Å². The lowest BCUT2D eigenvalue weighted by Gasteiger charge is -2.23. The van der Waals surface area contributed by atoms with Gasteiger partial charge in [-0.05, 0) is 37.5 Å². The molecule has 1 aromatic carbocycles. The molecule has 7 nitrogen and oxygen atoms in total. The summed E-state index contributed by atoms with van der Waals surface area (Å²) in [6.45, 7) is 4.91. The third-order valence-corrected chi connectivity index (χ3v) is 4.58. The van der Waals surface area contributed by atoms with Crippen molar-refractivity contribution in [1.82, 2.24) is 4.98 Å². The lowest BCUT2D eigenvalue weighted by molar-refractivity contribution is -0.102. The number of aryl methyl sites for hydroxylation is 2.